The van der Waals surface area contributed by atoms with E-state index in [1.54, 1.807) is 18.3 Å². The molecule has 2 aromatic carbocycles. The summed E-state index contributed by atoms with van der Waals surface area (Å²) in [6.07, 6.45) is 4.81. The van der Waals surface area contributed by atoms with Gasteiger partial charge in [-0.2, -0.15) is 0 Å². The van der Waals surface area contributed by atoms with E-state index < -0.39 is 6.10 Å². The molecule has 0 radical (unpaired) electrons. The largest absolute Gasteiger partial charge is 0.387 e. The van der Waals surface area contributed by atoms with Gasteiger partial charge in [0, 0.05) is 12.4 Å². The van der Waals surface area contributed by atoms with Crippen LogP contribution in [0, 0.1) is 13.1 Å². The van der Waals surface area contributed by atoms with Gasteiger partial charge in [-0.05, 0) is 47.2 Å². The minimum absolute atomic E-state index is 0.316. The number of rotatable bonds is 6. The number of benzene rings is 2. The van der Waals surface area contributed by atoms with Crippen molar-refractivity contribution >= 4 is 27.3 Å². The summed E-state index contributed by atoms with van der Waals surface area (Å²) < 4.78 is 0. The summed E-state index contributed by atoms with van der Waals surface area (Å²) in [6.45, 7) is 17.9. The first-order valence-corrected chi connectivity index (χ1v) is 12.6. The van der Waals surface area contributed by atoms with Gasteiger partial charge in [-0.3, -0.25) is 9.97 Å². The Balaban J connectivity index is 0.000000201. The normalized spacial score (nSPS) is 11.8. The predicted molar refractivity (Wildman–Crippen MR) is 149 cm³/mol. The van der Waals surface area contributed by atoms with E-state index in [1.807, 2.05) is 67.7 Å². The third-order valence-electron chi connectivity index (χ3n) is 5.64. The summed E-state index contributed by atoms with van der Waals surface area (Å²) in [5.41, 5.74) is 7.21. The number of aliphatic hydroxyl groups excluding tert-OH is 1. The fraction of sp³-hybridized carbons (Fsp3) is 0.200. The van der Waals surface area contributed by atoms with Gasteiger partial charge < -0.3 is 5.11 Å². The molecule has 0 saturated carbocycles. The van der Waals surface area contributed by atoms with Crippen LogP contribution in [0.25, 0.3) is 31.9 Å². The maximum atomic E-state index is 9.66. The first-order chi connectivity index (χ1) is 17.5. The second-order valence-corrected chi connectivity index (χ2v) is 9.17. The predicted octanol–water partition coefficient (Wildman–Crippen LogP) is 8.89. The smallest absolute Gasteiger partial charge is 0.187 e. The van der Waals surface area contributed by atoms with Crippen LogP contribution in [0.15, 0.2) is 85.2 Å². The Morgan fingerprint density at radius 1 is 0.667 bits per heavy atom. The van der Waals surface area contributed by atoms with Crippen LogP contribution < -0.4 is 0 Å². The molecule has 36 heavy (non-hydrogen) atoms. The Labute approximate surface area is 221 Å². The van der Waals surface area contributed by atoms with Crippen molar-refractivity contribution in [2.75, 3.05) is 0 Å². The molecular formula is C30H27BrN4O. The highest BCUT2D eigenvalue weighted by Gasteiger charge is 2.07. The lowest BCUT2D eigenvalue weighted by molar-refractivity contribution is 0.169. The van der Waals surface area contributed by atoms with E-state index in [0.717, 1.165) is 34.4 Å². The molecule has 5 nitrogen and oxygen atoms in total. The summed E-state index contributed by atoms with van der Waals surface area (Å²) in [5, 5.41) is 9.66. The number of nitrogens with zero attached hydrogens (tertiary/aromatic N) is 4. The molecule has 2 aromatic heterocycles. The number of aromatic nitrogens is 2. The molecule has 6 heteroatoms. The summed E-state index contributed by atoms with van der Waals surface area (Å²) in [5.74, 6) is 0. The van der Waals surface area contributed by atoms with Gasteiger partial charge in [-0.15, -0.1) is 0 Å². The summed E-state index contributed by atoms with van der Waals surface area (Å²) in [4.78, 5) is 15.8. The van der Waals surface area contributed by atoms with E-state index in [4.69, 9.17) is 13.1 Å². The zero-order valence-electron chi connectivity index (χ0n) is 20.3. The number of hydrogen-bond acceptors (Lipinski definition) is 3. The summed E-state index contributed by atoms with van der Waals surface area (Å²) in [7, 11) is 0. The SMILES string of the molecule is [C-]#[N+]c1ccc(-c2ccc(C(Br)CC)nc2)cc1.[C-]#[N+]c1ccc(-c2ccc(C(O)CC)nc2)cc1. The fourth-order valence-corrected chi connectivity index (χ4v) is 3.68. The highest BCUT2D eigenvalue weighted by atomic mass is 79.9. The summed E-state index contributed by atoms with van der Waals surface area (Å²) >= 11 is 3.59. The Bertz CT molecular complexity index is 1210. The lowest BCUT2D eigenvalue weighted by Crippen LogP contribution is -1.98. The molecule has 0 spiro atoms. The van der Waals surface area contributed by atoms with E-state index in [0.29, 0.717) is 28.3 Å². The molecule has 180 valence electrons. The Morgan fingerprint density at radius 3 is 1.42 bits per heavy atom. The van der Waals surface area contributed by atoms with Crippen LogP contribution in [0.4, 0.5) is 11.4 Å². The van der Waals surface area contributed by atoms with E-state index in [1.165, 1.54) is 0 Å². The van der Waals surface area contributed by atoms with Crippen LogP contribution in [0.3, 0.4) is 0 Å². The number of aliphatic hydroxyl groups is 1. The Kier molecular flexibility index (Phi) is 9.89. The Morgan fingerprint density at radius 2 is 1.08 bits per heavy atom. The minimum Gasteiger partial charge on any atom is -0.387 e. The molecule has 2 unspecified atom stereocenters. The number of alkyl halides is 1. The van der Waals surface area contributed by atoms with E-state index in [2.05, 4.69) is 48.6 Å². The first kappa shape index (κ1) is 26.8. The molecule has 2 atom stereocenters. The van der Waals surface area contributed by atoms with Crippen LogP contribution in [0.5, 0.6) is 0 Å². The molecule has 2 heterocycles. The minimum atomic E-state index is -0.497. The zero-order chi connectivity index (χ0) is 25.9. The molecule has 4 rings (SSSR count). The average molecular weight is 539 g/mol. The maximum Gasteiger partial charge on any atom is 0.187 e. The first-order valence-electron chi connectivity index (χ1n) is 11.7. The molecule has 0 aliphatic heterocycles. The molecule has 0 saturated heterocycles. The molecule has 0 bridgehead atoms. The third kappa shape index (κ3) is 7.09. The van der Waals surface area contributed by atoms with E-state index in [9.17, 15) is 5.11 Å². The van der Waals surface area contributed by atoms with Crippen molar-refractivity contribution in [3.8, 4) is 22.3 Å². The molecule has 0 aliphatic carbocycles. The van der Waals surface area contributed by atoms with Gasteiger partial charge in [0.05, 0.1) is 35.5 Å². The molecule has 0 amide bonds. The van der Waals surface area contributed by atoms with Crippen molar-refractivity contribution in [3.63, 3.8) is 0 Å². The van der Waals surface area contributed by atoms with Gasteiger partial charge in [0.2, 0.25) is 0 Å². The van der Waals surface area contributed by atoms with Crippen molar-refractivity contribution in [1.82, 2.24) is 9.97 Å². The quantitative estimate of drug-likeness (QED) is 0.197. The van der Waals surface area contributed by atoms with Crippen molar-refractivity contribution in [1.29, 1.82) is 0 Å². The molecule has 1 N–H and O–H groups in total. The van der Waals surface area contributed by atoms with Crippen molar-refractivity contribution < 1.29 is 5.11 Å². The van der Waals surface area contributed by atoms with Gasteiger partial charge in [0.15, 0.2) is 11.4 Å². The number of hydrogen-bond donors (Lipinski definition) is 1. The van der Waals surface area contributed by atoms with Crippen LogP contribution in [-0.2, 0) is 0 Å². The zero-order valence-corrected chi connectivity index (χ0v) is 21.9. The van der Waals surface area contributed by atoms with Crippen molar-refractivity contribution in [3.05, 3.63) is 119 Å². The topological polar surface area (TPSA) is 54.7 Å². The van der Waals surface area contributed by atoms with Crippen molar-refractivity contribution in [2.24, 2.45) is 0 Å². The van der Waals surface area contributed by atoms with Gasteiger partial charge in [-0.1, -0.05) is 90.4 Å². The molecule has 4 aromatic rings. The van der Waals surface area contributed by atoms with Crippen LogP contribution in [0.2, 0.25) is 0 Å². The lowest BCUT2D eigenvalue weighted by Gasteiger charge is -2.08. The van der Waals surface area contributed by atoms with E-state index in [-0.39, 0.29) is 0 Å². The standard InChI is InChI=1S/C15H13BrN2.C15H14N2O/c1-3-14(16)15-9-6-12(10-18-15)11-4-7-13(17-2)8-5-11;1-3-15(18)14-9-6-12(10-17-14)11-4-7-13(16-2)8-5-11/h4-10,14H,3H2,1H3;4-10,15,18H,3H2,1H3. The van der Waals surface area contributed by atoms with Gasteiger partial charge in [0.25, 0.3) is 0 Å². The van der Waals surface area contributed by atoms with Gasteiger partial charge >= 0.3 is 0 Å². The summed E-state index contributed by atoms with van der Waals surface area (Å²) in [6, 6.07) is 22.8. The third-order valence-corrected chi connectivity index (χ3v) is 6.76. The highest BCUT2D eigenvalue weighted by molar-refractivity contribution is 9.09. The average Bonchev–Trinajstić information content (AvgIpc) is 2.97. The van der Waals surface area contributed by atoms with Gasteiger partial charge in [-0.25, -0.2) is 9.69 Å². The molecule has 0 fully saturated rings. The second kappa shape index (κ2) is 13.3. The molecular weight excluding hydrogens is 512 g/mol. The number of pyridine rings is 2. The van der Waals surface area contributed by atoms with Crippen molar-refractivity contribution in [2.45, 2.75) is 37.6 Å². The number of halogens is 1. The highest BCUT2D eigenvalue weighted by Crippen LogP contribution is 2.27. The maximum absolute atomic E-state index is 9.66. The van der Waals surface area contributed by atoms with E-state index >= 15 is 0 Å². The molecule has 0 aliphatic rings. The van der Waals surface area contributed by atoms with Crippen LogP contribution in [-0.4, -0.2) is 15.1 Å². The fourth-order valence-electron chi connectivity index (χ4n) is 3.41. The van der Waals surface area contributed by atoms with Crippen LogP contribution in [0.1, 0.15) is 49.0 Å². The Hall–Kier alpha value is -3.84. The van der Waals surface area contributed by atoms with Crippen LogP contribution >= 0.6 is 15.9 Å². The lowest BCUT2D eigenvalue weighted by atomic mass is 10.1. The van der Waals surface area contributed by atoms with Gasteiger partial charge in [0.1, 0.15) is 0 Å². The monoisotopic (exact) mass is 538 g/mol. The second-order valence-electron chi connectivity index (χ2n) is 8.06.